The molecular weight excluding hydrogens is 584 g/mol. The number of imide groups is 1. The Labute approximate surface area is 252 Å². The van der Waals surface area contributed by atoms with Crippen molar-refractivity contribution in [3.63, 3.8) is 0 Å². The van der Waals surface area contributed by atoms with Gasteiger partial charge < -0.3 is 14.6 Å². The lowest BCUT2D eigenvalue weighted by molar-refractivity contribution is -0.151. The largest absolute Gasteiger partial charge is 0.394 e. The molecule has 1 aromatic carbocycles. The van der Waals surface area contributed by atoms with Crippen LogP contribution >= 0.6 is 46.4 Å². The van der Waals surface area contributed by atoms with Crippen LogP contribution in [0.2, 0.25) is 20.1 Å². The van der Waals surface area contributed by atoms with E-state index in [0.717, 1.165) is 24.2 Å². The van der Waals surface area contributed by atoms with E-state index in [9.17, 15) is 14.7 Å². The number of rotatable bonds is 16. The lowest BCUT2D eigenvalue weighted by Crippen LogP contribution is -2.52. The molecule has 6 nitrogen and oxygen atoms in total. The fraction of sp³-hybridized carbons (Fsp3) is 0.724. The number of benzene rings is 1. The molecular formula is C29H41Cl4NO5. The number of aliphatic hydroxyl groups excluding tert-OH is 1. The molecule has 1 fully saturated rings. The summed E-state index contributed by atoms with van der Waals surface area (Å²) in [5.74, 6) is -2.32. The number of unbranched alkanes of at least 4 members (excludes halogenated alkanes) is 11. The van der Waals surface area contributed by atoms with Crippen molar-refractivity contribution in [2.75, 3.05) is 6.61 Å². The smallest absolute Gasteiger partial charge is 0.263 e. The first-order valence-electron chi connectivity index (χ1n) is 14.3. The van der Waals surface area contributed by atoms with Gasteiger partial charge in [-0.05, 0) is 20.3 Å². The van der Waals surface area contributed by atoms with Gasteiger partial charge in [0.15, 0.2) is 5.79 Å². The standard InChI is InChI=1S/C29H41Cl4NO5/c1-4-5-6-7-8-9-10-11-12-13-14-15-16-19-26(39-29(2,3)38-19)18(17-35)34-27(36)20-21(28(34)37)23(31)25(33)24(32)22(20)30/h18-19,26,35H,4-17H2,1-3H3/t18-,19+,26-/m0/s1. The number of carbonyl (C=O) groups excluding carboxylic acids is 2. The highest BCUT2D eigenvalue weighted by Gasteiger charge is 2.52. The molecule has 3 rings (SSSR count). The summed E-state index contributed by atoms with van der Waals surface area (Å²) < 4.78 is 12.3. The van der Waals surface area contributed by atoms with Gasteiger partial charge in [-0.15, -0.1) is 0 Å². The van der Waals surface area contributed by atoms with Crippen LogP contribution in [0, 0.1) is 0 Å². The number of carbonyl (C=O) groups is 2. The maximum atomic E-state index is 13.4. The molecule has 0 aliphatic carbocycles. The van der Waals surface area contributed by atoms with Crippen LogP contribution in [0.1, 0.15) is 125 Å². The molecule has 0 radical (unpaired) electrons. The molecule has 220 valence electrons. The molecule has 1 aromatic rings. The zero-order valence-electron chi connectivity index (χ0n) is 23.2. The Morgan fingerprint density at radius 1 is 0.744 bits per heavy atom. The average molecular weight is 625 g/mol. The lowest BCUT2D eigenvalue weighted by Gasteiger charge is -2.31. The van der Waals surface area contributed by atoms with Crippen LogP contribution in [-0.4, -0.2) is 52.5 Å². The number of halogens is 4. The van der Waals surface area contributed by atoms with Gasteiger partial charge >= 0.3 is 0 Å². The molecule has 10 heteroatoms. The summed E-state index contributed by atoms with van der Waals surface area (Å²) in [5.41, 5.74) is -0.231. The molecule has 2 heterocycles. The van der Waals surface area contributed by atoms with Crippen LogP contribution in [0.15, 0.2) is 0 Å². The Morgan fingerprint density at radius 3 is 1.62 bits per heavy atom. The van der Waals surface area contributed by atoms with Gasteiger partial charge in [0.25, 0.3) is 11.8 Å². The maximum Gasteiger partial charge on any atom is 0.263 e. The Hall–Kier alpha value is -0.600. The van der Waals surface area contributed by atoms with E-state index in [-0.39, 0.29) is 31.2 Å². The van der Waals surface area contributed by atoms with Crippen molar-refractivity contribution in [1.29, 1.82) is 0 Å². The third-order valence-electron chi connectivity index (χ3n) is 7.59. The Bertz CT molecular complexity index is 971. The second kappa shape index (κ2) is 15.0. The number of nitrogens with zero attached hydrogens (tertiary/aromatic N) is 1. The summed E-state index contributed by atoms with van der Waals surface area (Å²) in [6, 6.07) is -0.994. The van der Waals surface area contributed by atoms with Gasteiger partial charge in [-0.25, -0.2) is 0 Å². The summed E-state index contributed by atoms with van der Waals surface area (Å²) in [4.78, 5) is 27.7. The minimum absolute atomic E-state index is 0.0999. The van der Waals surface area contributed by atoms with Gasteiger partial charge in [-0.3, -0.25) is 14.5 Å². The van der Waals surface area contributed by atoms with E-state index in [1.165, 1.54) is 57.8 Å². The molecule has 1 N–H and O–H groups in total. The number of amides is 2. The third-order valence-corrected chi connectivity index (χ3v) is 9.40. The van der Waals surface area contributed by atoms with Gasteiger partial charge in [0, 0.05) is 0 Å². The summed E-state index contributed by atoms with van der Waals surface area (Å²) in [6.07, 6.45) is 14.5. The second-order valence-corrected chi connectivity index (χ2v) is 12.6. The van der Waals surface area contributed by atoms with E-state index in [1.54, 1.807) is 13.8 Å². The van der Waals surface area contributed by atoms with Gasteiger partial charge in [0.1, 0.15) is 6.10 Å². The quantitative estimate of drug-likeness (QED) is 0.0860. The fourth-order valence-electron chi connectivity index (χ4n) is 5.60. The van der Waals surface area contributed by atoms with Crippen LogP contribution in [0.3, 0.4) is 0 Å². The van der Waals surface area contributed by atoms with Crippen LogP contribution in [0.25, 0.3) is 0 Å². The zero-order chi connectivity index (χ0) is 28.7. The number of hydrogen-bond donors (Lipinski definition) is 1. The van der Waals surface area contributed by atoms with Gasteiger partial charge in [0.05, 0.1) is 50.0 Å². The minimum Gasteiger partial charge on any atom is -0.394 e. The predicted molar refractivity (Wildman–Crippen MR) is 157 cm³/mol. The van der Waals surface area contributed by atoms with E-state index >= 15 is 0 Å². The first-order valence-corrected chi connectivity index (χ1v) is 15.8. The van der Waals surface area contributed by atoms with E-state index in [4.69, 9.17) is 55.9 Å². The van der Waals surface area contributed by atoms with E-state index in [1.807, 2.05) is 0 Å². The molecule has 0 aromatic heterocycles. The highest BCUT2D eigenvalue weighted by Crippen LogP contribution is 2.46. The minimum atomic E-state index is -0.994. The molecule has 2 aliphatic rings. The maximum absolute atomic E-state index is 13.4. The van der Waals surface area contributed by atoms with Crippen molar-refractivity contribution >= 4 is 58.2 Å². The first-order chi connectivity index (χ1) is 18.6. The Morgan fingerprint density at radius 2 is 1.18 bits per heavy atom. The average Bonchev–Trinajstić information content (AvgIpc) is 3.34. The molecule has 0 bridgehead atoms. The number of hydrogen-bond acceptors (Lipinski definition) is 5. The molecule has 39 heavy (non-hydrogen) atoms. The van der Waals surface area contributed by atoms with Crippen molar-refractivity contribution in [2.24, 2.45) is 0 Å². The van der Waals surface area contributed by atoms with Crippen molar-refractivity contribution in [3.05, 3.63) is 31.2 Å². The Balaban J connectivity index is 1.57. The van der Waals surface area contributed by atoms with Crippen molar-refractivity contribution < 1.29 is 24.2 Å². The topological polar surface area (TPSA) is 76.1 Å². The summed E-state index contributed by atoms with van der Waals surface area (Å²) in [7, 11) is 0. The van der Waals surface area contributed by atoms with E-state index < -0.39 is 42.5 Å². The normalized spacial score (nSPS) is 21.2. The van der Waals surface area contributed by atoms with Crippen LogP contribution in [0.4, 0.5) is 0 Å². The highest BCUT2D eigenvalue weighted by atomic mass is 35.5. The van der Waals surface area contributed by atoms with Crippen LogP contribution in [-0.2, 0) is 9.47 Å². The molecule has 0 spiro atoms. The zero-order valence-corrected chi connectivity index (χ0v) is 26.2. The number of fused-ring (bicyclic) bond motifs is 1. The van der Waals surface area contributed by atoms with Crippen molar-refractivity contribution in [3.8, 4) is 0 Å². The molecule has 0 saturated carbocycles. The van der Waals surface area contributed by atoms with Crippen molar-refractivity contribution in [1.82, 2.24) is 4.90 Å². The monoisotopic (exact) mass is 623 g/mol. The summed E-state index contributed by atoms with van der Waals surface area (Å²) >= 11 is 24.9. The number of ether oxygens (including phenoxy) is 2. The van der Waals surface area contributed by atoms with Gasteiger partial charge in [-0.1, -0.05) is 130 Å². The molecule has 0 unspecified atom stereocenters. The predicted octanol–water partition coefficient (Wildman–Crippen LogP) is 8.87. The molecule has 1 saturated heterocycles. The molecule has 2 aliphatic heterocycles. The highest BCUT2D eigenvalue weighted by molar-refractivity contribution is 6.55. The summed E-state index contributed by atoms with van der Waals surface area (Å²) in [6.45, 7) is 5.30. The van der Waals surface area contributed by atoms with E-state index in [0.29, 0.717) is 6.42 Å². The Kier molecular flexibility index (Phi) is 12.7. The second-order valence-electron chi connectivity index (χ2n) is 11.1. The molecule has 2 amide bonds. The van der Waals surface area contributed by atoms with Crippen molar-refractivity contribution in [2.45, 2.75) is 128 Å². The van der Waals surface area contributed by atoms with Gasteiger partial charge in [-0.2, -0.15) is 0 Å². The van der Waals surface area contributed by atoms with Crippen LogP contribution < -0.4 is 0 Å². The SMILES string of the molecule is CCCCCCCCCCCCCC[C@H]1OC(C)(C)O[C@H]1[C@H](CO)N1C(=O)c2c(Cl)c(Cl)c(Cl)c(Cl)c2C1=O. The first kappa shape index (κ1) is 32.9. The fourth-order valence-corrected chi connectivity index (χ4v) is 6.61. The van der Waals surface area contributed by atoms with E-state index in [2.05, 4.69) is 6.92 Å². The summed E-state index contributed by atoms with van der Waals surface area (Å²) in [5, 5.41) is 9.88. The lowest BCUT2D eigenvalue weighted by atomic mass is 9.98. The van der Waals surface area contributed by atoms with Crippen LogP contribution in [0.5, 0.6) is 0 Å². The number of aliphatic hydroxyl groups is 1. The molecule has 3 atom stereocenters. The third kappa shape index (κ3) is 7.82. The van der Waals surface area contributed by atoms with Gasteiger partial charge in [0.2, 0.25) is 0 Å².